The molecule has 0 amide bonds. The van der Waals surface area contributed by atoms with Crippen molar-refractivity contribution >= 4 is 44.6 Å². The molecule has 1 aromatic heterocycles. The Labute approximate surface area is 157 Å². The molecule has 0 saturated heterocycles. The largest absolute Gasteiger partial charge is 0.416 e. The lowest BCUT2D eigenvalue weighted by Gasteiger charge is -2.14. The summed E-state index contributed by atoms with van der Waals surface area (Å²) in [4.78, 5) is 0. The summed E-state index contributed by atoms with van der Waals surface area (Å²) in [6, 6.07) is 2.16. The molecule has 0 unspecified atom stereocenters. The zero-order valence-corrected chi connectivity index (χ0v) is 14.9. The number of hydrogen-bond acceptors (Lipinski definition) is 4. The Kier molecular flexibility index (Phi) is 5.45. The van der Waals surface area contributed by atoms with Crippen LogP contribution in [0.3, 0.4) is 0 Å². The van der Waals surface area contributed by atoms with Gasteiger partial charge in [0.1, 0.15) is 16.8 Å². The van der Waals surface area contributed by atoms with E-state index in [1.165, 1.54) is 6.07 Å². The molecule has 140 valence electrons. The van der Waals surface area contributed by atoms with Gasteiger partial charge in [0.25, 0.3) is 9.84 Å². The number of benzene rings is 1. The molecule has 0 spiro atoms. The number of halogens is 8. The van der Waals surface area contributed by atoms with Gasteiger partial charge < -0.3 is 0 Å². The zero-order chi connectivity index (χ0) is 20.0. The van der Waals surface area contributed by atoms with Gasteiger partial charge in [-0.3, -0.25) is 0 Å². The van der Waals surface area contributed by atoms with Crippen molar-refractivity contribution in [3.05, 3.63) is 38.5 Å². The van der Waals surface area contributed by atoms with Crippen molar-refractivity contribution in [1.82, 2.24) is 9.78 Å². The molecule has 2 rings (SSSR count). The quantitative estimate of drug-likeness (QED) is 0.629. The number of aromatic nitrogens is 2. The maximum absolute atomic E-state index is 12.9. The van der Waals surface area contributed by atoms with Crippen molar-refractivity contribution in [1.29, 1.82) is 5.26 Å². The summed E-state index contributed by atoms with van der Waals surface area (Å²) in [6.07, 6.45) is -4.83. The van der Waals surface area contributed by atoms with Gasteiger partial charge in [0.05, 0.1) is 15.6 Å². The van der Waals surface area contributed by atoms with Crippen molar-refractivity contribution in [2.45, 2.75) is 17.0 Å². The standard InChI is InChI=1S/C12H3Cl3F5N3O2S/c13-5-1-4(12(18,19)20)2-6(14)9(5)23-10(26(24,25)11(16)17)8(15)7(3-21)22-23/h1-2,11H. The van der Waals surface area contributed by atoms with Crippen molar-refractivity contribution in [3.63, 3.8) is 0 Å². The van der Waals surface area contributed by atoms with Crippen molar-refractivity contribution in [2.24, 2.45) is 0 Å². The van der Waals surface area contributed by atoms with E-state index in [2.05, 4.69) is 5.10 Å². The average molecular weight is 455 g/mol. The maximum Gasteiger partial charge on any atom is 0.416 e. The topological polar surface area (TPSA) is 75.8 Å². The molecule has 0 bridgehead atoms. The van der Waals surface area contributed by atoms with Gasteiger partial charge in [-0.2, -0.15) is 32.3 Å². The predicted molar refractivity (Wildman–Crippen MR) is 81.5 cm³/mol. The minimum absolute atomic E-state index is 0.202. The third-order valence-corrected chi connectivity index (χ3v) is 5.39. The first-order valence-corrected chi connectivity index (χ1v) is 8.77. The second-order valence-electron chi connectivity index (χ2n) is 4.58. The Morgan fingerprint density at radius 2 is 1.65 bits per heavy atom. The Balaban J connectivity index is 2.89. The molecular weight excluding hydrogens is 452 g/mol. The molecule has 5 nitrogen and oxygen atoms in total. The van der Waals surface area contributed by atoms with Gasteiger partial charge in [-0.1, -0.05) is 34.8 Å². The maximum atomic E-state index is 12.9. The van der Waals surface area contributed by atoms with Crippen LogP contribution in [0, 0.1) is 11.3 Å². The highest BCUT2D eigenvalue weighted by atomic mass is 35.5. The van der Waals surface area contributed by atoms with Crippen LogP contribution in [0.5, 0.6) is 0 Å². The third kappa shape index (κ3) is 3.46. The van der Waals surface area contributed by atoms with E-state index in [4.69, 9.17) is 40.1 Å². The van der Waals surface area contributed by atoms with E-state index in [9.17, 15) is 30.4 Å². The number of rotatable bonds is 3. The highest BCUT2D eigenvalue weighted by Gasteiger charge is 2.38. The van der Waals surface area contributed by atoms with E-state index in [-0.39, 0.29) is 4.68 Å². The number of hydrogen-bond donors (Lipinski definition) is 0. The lowest BCUT2D eigenvalue weighted by Crippen LogP contribution is -2.17. The number of alkyl halides is 5. The second-order valence-corrected chi connectivity index (χ2v) is 7.61. The number of sulfone groups is 1. The lowest BCUT2D eigenvalue weighted by molar-refractivity contribution is -0.137. The Morgan fingerprint density at radius 1 is 1.15 bits per heavy atom. The Hall–Kier alpha value is -1.61. The molecule has 1 heterocycles. The minimum atomic E-state index is -5.40. The number of nitriles is 1. The third-order valence-electron chi connectivity index (χ3n) is 2.95. The van der Waals surface area contributed by atoms with Crippen molar-refractivity contribution in [3.8, 4) is 11.8 Å². The molecule has 0 aliphatic rings. The molecule has 2 aromatic rings. The zero-order valence-electron chi connectivity index (χ0n) is 11.8. The van der Waals surface area contributed by atoms with E-state index in [1.807, 2.05) is 0 Å². The monoisotopic (exact) mass is 453 g/mol. The van der Waals surface area contributed by atoms with Crippen molar-refractivity contribution < 1.29 is 30.4 Å². The van der Waals surface area contributed by atoms with Gasteiger partial charge in [0.2, 0.25) is 0 Å². The SMILES string of the molecule is N#Cc1nn(-c2c(Cl)cc(C(F)(F)F)cc2Cl)c(S(=O)(=O)C(F)F)c1Cl. The second kappa shape index (κ2) is 6.84. The van der Waals surface area contributed by atoms with Crippen LogP contribution in [0.4, 0.5) is 22.0 Å². The van der Waals surface area contributed by atoms with Gasteiger partial charge in [-0.15, -0.1) is 0 Å². The fourth-order valence-electron chi connectivity index (χ4n) is 1.87. The predicted octanol–water partition coefficient (Wildman–Crippen LogP) is 4.72. The van der Waals surface area contributed by atoms with Crippen molar-refractivity contribution in [2.75, 3.05) is 0 Å². The fraction of sp³-hybridized carbons (Fsp3) is 0.167. The molecule has 0 atom stereocenters. The smallest absolute Gasteiger partial charge is 0.216 e. The number of nitrogens with zero attached hydrogens (tertiary/aromatic N) is 3. The molecular formula is C12H3Cl3F5N3O2S. The molecule has 0 aliphatic heterocycles. The Morgan fingerprint density at radius 3 is 2.04 bits per heavy atom. The average Bonchev–Trinajstić information content (AvgIpc) is 2.82. The van der Waals surface area contributed by atoms with Gasteiger partial charge in [0.15, 0.2) is 10.7 Å². The van der Waals surface area contributed by atoms with Crippen LogP contribution in [-0.4, -0.2) is 24.0 Å². The molecule has 1 aromatic carbocycles. The molecule has 0 radical (unpaired) electrons. The summed E-state index contributed by atoms with van der Waals surface area (Å²) in [7, 11) is -5.40. The first-order valence-electron chi connectivity index (χ1n) is 6.09. The highest BCUT2D eigenvalue weighted by Crippen LogP contribution is 2.40. The van der Waals surface area contributed by atoms with E-state index in [0.29, 0.717) is 12.1 Å². The minimum Gasteiger partial charge on any atom is -0.216 e. The molecule has 0 aliphatic carbocycles. The summed E-state index contributed by atoms with van der Waals surface area (Å²) in [5.41, 5.74) is -2.70. The van der Waals surface area contributed by atoms with Crippen LogP contribution in [0.15, 0.2) is 17.2 Å². The van der Waals surface area contributed by atoms with Gasteiger partial charge in [-0.05, 0) is 12.1 Å². The van der Waals surface area contributed by atoms with Crippen LogP contribution in [0.25, 0.3) is 5.69 Å². The summed E-state index contributed by atoms with van der Waals surface area (Å²) >= 11 is 17.1. The highest BCUT2D eigenvalue weighted by molar-refractivity contribution is 7.91. The Bertz CT molecular complexity index is 1000. The van der Waals surface area contributed by atoms with Gasteiger partial charge >= 0.3 is 11.9 Å². The van der Waals surface area contributed by atoms with Gasteiger partial charge in [0, 0.05) is 0 Å². The molecule has 0 saturated carbocycles. The van der Waals surface area contributed by atoms with E-state index in [1.54, 1.807) is 0 Å². The molecule has 0 N–H and O–H groups in total. The first kappa shape index (κ1) is 20.7. The van der Waals surface area contributed by atoms with Gasteiger partial charge in [-0.25, -0.2) is 13.1 Å². The summed E-state index contributed by atoms with van der Waals surface area (Å²) in [5, 5.41) is 8.54. The van der Waals surface area contributed by atoms with Crippen LogP contribution >= 0.6 is 34.8 Å². The van der Waals surface area contributed by atoms with Crippen LogP contribution in [0.2, 0.25) is 15.1 Å². The summed E-state index contributed by atoms with van der Waals surface area (Å²) < 4.78 is 88.1. The normalized spacial score (nSPS) is 12.5. The van der Waals surface area contributed by atoms with E-state index < -0.39 is 58.8 Å². The first-order chi connectivity index (χ1) is 11.8. The summed E-state index contributed by atoms with van der Waals surface area (Å²) in [6.45, 7) is 0. The van der Waals surface area contributed by atoms with Crippen LogP contribution in [0.1, 0.15) is 11.3 Å². The fourth-order valence-corrected chi connectivity index (χ4v) is 3.89. The van der Waals surface area contributed by atoms with Crippen LogP contribution in [-0.2, 0) is 16.0 Å². The molecule has 26 heavy (non-hydrogen) atoms. The van der Waals surface area contributed by atoms with Crippen LogP contribution < -0.4 is 0 Å². The van der Waals surface area contributed by atoms with E-state index >= 15 is 0 Å². The molecule has 0 fully saturated rings. The molecule has 14 heteroatoms. The van der Waals surface area contributed by atoms with E-state index in [0.717, 1.165) is 0 Å². The lowest BCUT2D eigenvalue weighted by atomic mass is 10.2. The summed E-state index contributed by atoms with van der Waals surface area (Å²) in [5.74, 6) is -3.95.